The van der Waals surface area contributed by atoms with E-state index in [2.05, 4.69) is 25.7 Å². The number of hydrogen-bond acceptors (Lipinski definition) is 3. The van der Waals surface area contributed by atoms with E-state index in [1.54, 1.807) is 0 Å². The molecule has 90 valence electrons. The molecule has 0 bridgehead atoms. The quantitative estimate of drug-likeness (QED) is 0.421. The molecule has 3 heteroatoms. The van der Waals surface area contributed by atoms with Gasteiger partial charge in [-0.25, -0.2) is 0 Å². The fraction of sp³-hybridized carbons (Fsp3) is 0.833. The summed E-state index contributed by atoms with van der Waals surface area (Å²) in [6, 6.07) is 0. The lowest BCUT2D eigenvalue weighted by Crippen LogP contribution is -2.24. The summed E-state index contributed by atoms with van der Waals surface area (Å²) >= 11 is 0. The van der Waals surface area contributed by atoms with Crippen molar-refractivity contribution < 1.29 is 9.47 Å². The molecule has 3 nitrogen and oxygen atoms in total. The Bertz CT molecular complexity index is 138. The zero-order chi connectivity index (χ0) is 11.4. The third-order valence-electron chi connectivity index (χ3n) is 1.76. The van der Waals surface area contributed by atoms with Crippen molar-refractivity contribution >= 4 is 0 Å². The van der Waals surface area contributed by atoms with E-state index in [9.17, 15) is 0 Å². The Labute approximate surface area is 93.8 Å². The van der Waals surface area contributed by atoms with Gasteiger partial charge in [0.15, 0.2) is 0 Å². The fourth-order valence-electron chi connectivity index (χ4n) is 1.00. The average Bonchev–Trinajstić information content (AvgIpc) is 2.20. The molecule has 0 aromatic rings. The van der Waals surface area contributed by atoms with E-state index in [4.69, 9.17) is 9.47 Å². The van der Waals surface area contributed by atoms with Crippen LogP contribution < -0.4 is 5.32 Å². The number of nitrogens with one attached hydrogen (secondary N) is 1. The largest absolute Gasteiger partial charge is 0.380 e. The molecule has 0 amide bonds. The van der Waals surface area contributed by atoms with E-state index < -0.39 is 0 Å². The molecule has 0 saturated carbocycles. The molecule has 1 N–H and O–H groups in total. The summed E-state index contributed by atoms with van der Waals surface area (Å²) < 4.78 is 10.8. The van der Waals surface area contributed by atoms with Crippen LogP contribution in [0.4, 0.5) is 0 Å². The summed E-state index contributed by atoms with van der Waals surface area (Å²) in [7, 11) is 0. The summed E-state index contributed by atoms with van der Waals surface area (Å²) in [6.07, 6.45) is 2.80. The smallest absolute Gasteiger partial charge is 0.0591 e. The minimum Gasteiger partial charge on any atom is -0.380 e. The Balaban J connectivity index is 2.89. The van der Waals surface area contributed by atoms with Crippen molar-refractivity contribution in [3.8, 4) is 0 Å². The van der Waals surface area contributed by atoms with Gasteiger partial charge in [-0.2, -0.15) is 0 Å². The SMILES string of the molecule is C=CCCOCCNCCOCC(C)C. The summed E-state index contributed by atoms with van der Waals surface area (Å²) in [4.78, 5) is 0. The highest BCUT2D eigenvalue weighted by Crippen LogP contribution is 1.90. The van der Waals surface area contributed by atoms with Gasteiger partial charge in [0, 0.05) is 19.7 Å². The molecule has 0 atom stereocenters. The average molecular weight is 215 g/mol. The van der Waals surface area contributed by atoms with Gasteiger partial charge in [0.2, 0.25) is 0 Å². The zero-order valence-electron chi connectivity index (χ0n) is 10.1. The van der Waals surface area contributed by atoms with E-state index in [1.807, 2.05) is 6.08 Å². The predicted octanol–water partition coefficient (Wildman–Crippen LogP) is 1.84. The lowest BCUT2D eigenvalue weighted by atomic mass is 10.2. The Morgan fingerprint density at radius 2 is 1.80 bits per heavy atom. The van der Waals surface area contributed by atoms with Crippen LogP contribution in [-0.4, -0.2) is 39.5 Å². The fourth-order valence-corrected chi connectivity index (χ4v) is 1.00. The van der Waals surface area contributed by atoms with Crippen molar-refractivity contribution in [2.75, 3.05) is 39.5 Å². The van der Waals surface area contributed by atoms with Crippen LogP contribution in [0, 0.1) is 5.92 Å². The van der Waals surface area contributed by atoms with Crippen molar-refractivity contribution in [1.82, 2.24) is 5.32 Å². The van der Waals surface area contributed by atoms with Crippen LogP contribution in [0.1, 0.15) is 20.3 Å². The van der Waals surface area contributed by atoms with E-state index >= 15 is 0 Å². The minimum absolute atomic E-state index is 0.618. The lowest BCUT2D eigenvalue weighted by molar-refractivity contribution is 0.106. The number of ether oxygens (including phenoxy) is 2. The first-order valence-electron chi connectivity index (χ1n) is 5.74. The van der Waals surface area contributed by atoms with Gasteiger partial charge in [-0.3, -0.25) is 0 Å². The van der Waals surface area contributed by atoms with Crippen molar-refractivity contribution in [1.29, 1.82) is 0 Å². The van der Waals surface area contributed by atoms with Gasteiger partial charge in [-0.1, -0.05) is 19.9 Å². The lowest BCUT2D eigenvalue weighted by Gasteiger charge is -2.08. The first-order valence-corrected chi connectivity index (χ1v) is 5.74. The maximum Gasteiger partial charge on any atom is 0.0591 e. The molecule has 0 radical (unpaired) electrons. The second-order valence-corrected chi connectivity index (χ2v) is 3.91. The van der Waals surface area contributed by atoms with Crippen LogP contribution in [0.5, 0.6) is 0 Å². The topological polar surface area (TPSA) is 30.5 Å². The molecular weight excluding hydrogens is 190 g/mol. The van der Waals surface area contributed by atoms with Crippen molar-refractivity contribution in [2.24, 2.45) is 5.92 Å². The molecule has 0 spiro atoms. The molecule has 0 saturated heterocycles. The third kappa shape index (κ3) is 13.6. The van der Waals surface area contributed by atoms with Crippen LogP contribution in [0.15, 0.2) is 12.7 Å². The van der Waals surface area contributed by atoms with Crippen molar-refractivity contribution in [3.63, 3.8) is 0 Å². The van der Waals surface area contributed by atoms with Gasteiger partial charge in [0.1, 0.15) is 0 Å². The van der Waals surface area contributed by atoms with E-state index in [1.165, 1.54) is 0 Å². The van der Waals surface area contributed by atoms with Crippen LogP contribution in [0.2, 0.25) is 0 Å². The van der Waals surface area contributed by atoms with Gasteiger partial charge in [0.05, 0.1) is 19.8 Å². The second-order valence-electron chi connectivity index (χ2n) is 3.91. The summed E-state index contributed by atoms with van der Waals surface area (Å²) in [5.41, 5.74) is 0. The first kappa shape index (κ1) is 14.6. The molecule has 0 aromatic carbocycles. The van der Waals surface area contributed by atoms with Gasteiger partial charge >= 0.3 is 0 Å². The highest BCUT2D eigenvalue weighted by atomic mass is 16.5. The Hall–Kier alpha value is -0.380. The number of rotatable bonds is 11. The summed E-state index contributed by atoms with van der Waals surface area (Å²) in [5, 5.41) is 3.26. The normalized spacial score (nSPS) is 10.9. The monoisotopic (exact) mass is 215 g/mol. The third-order valence-corrected chi connectivity index (χ3v) is 1.76. The molecule has 0 aliphatic carbocycles. The predicted molar refractivity (Wildman–Crippen MR) is 64.2 cm³/mol. The maximum atomic E-state index is 5.42. The second kappa shape index (κ2) is 11.7. The van der Waals surface area contributed by atoms with Crippen LogP contribution in [0.3, 0.4) is 0 Å². The van der Waals surface area contributed by atoms with E-state index in [0.29, 0.717) is 5.92 Å². The highest BCUT2D eigenvalue weighted by molar-refractivity contribution is 4.64. The molecule has 0 unspecified atom stereocenters. The van der Waals surface area contributed by atoms with E-state index in [0.717, 1.165) is 45.9 Å². The zero-order valence-corrected chi connectivity index (χ0v) is 10.1. The first-order chi connectivity index (χ1) is 7.27. The molecule has 0 heterocycles. The standard InChI is InChI=1S/C12H25NO2/c1-4-5-8-14-9-6-13-7-10-15-11-12(2)3/h4,12-13H,1,5-11H2,2-3H3. The van der Waals surface area contributed by atoms with Gasteiger partial charge in [-0.05, 0) is 12.3 Å². The van der Waals surface area contributed by atoms with Gasteiger partial charge < -0.3 is 14.8 Å². The Morgan fingerprint density at radius 1 is 1.13 bits per heavy atom. The summed E-state index contributed by atoms with van der Waals surface area (Å²) in [6.45, 7) is 12.9. The maximum absolute atomic E-state index is 5.42. The molecular formula is C12H25NO2. The molecule has 0 aliphatic heterocycles. The number of hydrogen-bond donors (Lipinski definition) is 1. The van der Waals surface area contributed by atoms with Crippen molar-refractivity contribution in [3.05, 3.63) is 12.7 Å². The van der Waals surface area contributed by atoms with Crippen LogP contribution >= 0.6 is 0 Å². The molecule has 0 aliphatic rings. The molecule has 0 aromatic heterocycles. The van der Waals surface area contributed by atoms with Gasteiger partial charge in [-0.15, -0.1) is 6.58 Å². The molecule has 0 rings (SSSR count). The van der Waals surface area contributed by atoms with Crippen LogP contribution in [0.25, 0.3) is 0 Å². The van der Waals surface area contributed by atoms with E-state index in [-0.39, 0.29) is 0 Å². The molecule has 0 fully saturated rings. The summed E-state index contributed by atoms with van der Waals surface area (Å²) in [5.74, 6) is 0.618. The van der Waals surface area contributed by atoms with Crippen molar-refractivity contribution in [2.45, 2.75) is 20.3 Å². The highest BCUT2D eigenvalue weighted by Gasteiger charge is 1.93. The van der Waals surface area contributed by atoms with Crippen LogP contribution in [-0.2, 0) is 9.47 Å². The Morgan fingerprint density at radius 3 is 2.40 bits per heavy atom. The Kier molecular flexibility index (Phi) is 11.4. The molecule has 15 heavy (non-hydrogen) atoms. The minimum atomic E-state index is 0.618. The van der Waals surface area contributed by atoms with Gasteiger partial charge in [0.25, 0.3) is 0 Å².